The number of H-pyrrole nitrogens is 1. The number of rotatable bonds is 4. The number of aliphatic carboxylic acids is 1. The Bertz CT molecular complexity index is 647. The monoisotopic (exact) mass is 279 g/mol. The van der Waals surface area contributed by atoms with Gasteiger partial charge in [0.1, 0.15) is 0 Å². The van der Waals surface area contributed by atoms with Crippen LogP contribution >= 0.6 is 11.6 Å². The zero-order valence-corrected chi connectivity index (χ0v) is 11.4. The normalized spacial score (nSPS) is 14.3. The molecule has 2 aromatic rings. The minimum Gasteiger partial charge on any atom is -0.481 e. The van der Waals surface area contributed by atoms with Crippen molar-refractivity contribution in [3.8, 4) is 0 Å². The van der Waals surface area contributed by atoms with Crippen LogP contribution in [0, 0.1) is 11.8 Å². The van der Waals surface area contributed by atoms with Crippen LogP contribution in [0.2, 0.25) is 5.02 Å². The Kier molecular flexibility index (Phi) is 3.62. The molecular weight excluding hydrogens is 266 g/mol. The van der Waals surface area contributed by atoms with Crippen LogP contribution in [-0.2, 0) is 4.79 Å². The smallest absolute Gasteiger partial charge is 0.306 e. The van der Waals surface area contributed by atoms with Crippen molar-refractivity contribution in [1.82, 2.24) is 4.98 Å². The molecule has 4 nitrogen and oxygen atoms in total. The highest BCUT2D eigenvalue weighted by atomic mass is 35.5. The molecule has 1 aromatic heterocycles. The Labute approximate surface area is 115 Å². The third-order valence-corrected chi connectivity index (χ3v) is 3.70. The number of carbonyl (C=O) groups is 2. The number of fused-ring (bicyclic) bond motifs is 1. The molecule has 0 saturated heterocycles. The number of ketones is 1. The number of Topliss-reactive ketones (excluding diaryl/α,β-unsaturated/α-hetero) is 1. The van der Waals surface area contributed by atoms with Crippen molar-refractivity contribution in [3.63, 3.8) is 0 Å². The number of benzene rings is 1. The largest absolute Gasteiger partial charge is 0.481 e. The van der Waals surface area contributed by atoms with E-state index in [1.807, 2.05) is 0 Å². The molecule has 0 aliphatic heterocycles. The Morgan fingerprint density at radius 2 is 1.95 bits per heavy atom. The topological polar surface area (TPSA) is 70.2 Å². The third kappa shape index (κ3) is 2.49. The first-order valence-corrected chi connectivity index (χ1v) is 6.33. The average molecular weight is 280 g/mol. The van der Waals surface area contributed by atoms with Crippen molar-refractivity contribution in [1.29, 1.82) is 0 Å². The summed E-state index contributed by atoms with van der Waals surface area (Å²) in [6.45, 7) is 3.16. The maximum atomic E-state index is 12.4. The lowest BCUT2D eigenvalue weighted by Gasteiger charge is -2.14. The number of hydrogen-bond acceptors (Lipinski definition) is 2. The maximum absolute atomic E-state index is 12.4. The fraction of sp³-hybridized carbons (Fsp3) is 0.286. The van der Waals surface area contributed by atoms with E-state index in [-0.39, 0.29) is 5.78 Å². The lowest BCUT2D eigenvalue weighted by atomic mass is 9.88. The minimum atomic E-state index is -0.973. The van der Waals surface area contributed by atoms with Gasteiger partial charge in [-0.05, 0) is 18.2 Å². The predicted octanol–water partition coefficient (Wildman–Crippen LogP) is 3.36. The standard InChI is InChI=1S/C14H14ClNO3/c1-7(8(2)14(18)19)13(17)11-6-16-12-4-3-9(15)5-10(11)12/h3-8,16H,1-2H3,(H,18,19). The summed E-state index contributed by atoms with van der Waals surface area (Å²) >= 11 is 5.93. The van der Waals surface area contributed by atoms with E-state index in [1.54, 1.807) is 31.3 Å². The Morgan fingerprint density at radius 1 is 1.26 bits per heavy atom. The summed E-state index contributed by atoms with van der Waals surface area (Å²) in [5, 5.41) is 10.2. The molecule has 19 heavy (non-hydrogen) atoms. The Balaban J connectivity index is 2.41. The number of aromatic nitrogens is 1. The van der Waals surface area contributed by atoms with E-state index in [0.717, 1.165) is 10.9 Å². The van der Waals surface area contributed by atoms with Gasteiger partial charge >= 0.3 is 5.97 Å². The van der Waals surface area contributed by atoms with Gasteiger partial charge in [0.05, 0.1) is 5.92 Å². The summed E-state index contributed by atoms with van der Waals surface area (Å²) in [7, 11) is 0. The van der Waals surface area contributed by atoms with E-state index in [1.165, 1.54) is 6.92 Å². The fourth-order valence-electron chi connectivity index (χ4n) is 1.98. The first kappa shape index (κ1) is 13.6. The van der Waals surface area contributed by atoms with Crippen LogP contribution in [0.5, 0.6) is 0 Å². The molecule has 1 aromatic carbocycles. The molecular formula is C14H14ClNO3. The first-order valence-electron chi connectivity index (χ1n) is 5.95. The molecule has 0 aliphatic rings. The van der Waals surface area contributed by atoms with Crippen LogP contribution in [0.4, 0.5) is 0 Å². The summed E-state index contributed by atoms with van der Waals surface area (Å²) in [4.78, 5) is 26.3. The molecule has 5 heteroatoms. The number of hydrogen-bond donors (Lipinski definition) is 2. The van der Waals surface area contributed by atoms with Crippen LogP contribution in [0.15, 0.2) is 24.4 Å². The van der Waals surface area contributed by atoms with E-state index in [4.69, 9.17) is 16.7 Å². The second-order valence-corrected chi connectivity index (χ2v) is 5.11. The summed E-state index contributed by atoms with van der Waals surface area (Å²) in [5.41, 5.74) is 1.29. The number of aromatic amines is 1. The van der Waals surface area contributed by atoms with E-state index in [2.05, 4.69) is 4.98 Å². The predicted molar refractivity (Wildman–Crippen MR) is 73.6 cm³/mol. The second-order valence-electron chi connectivity index (χ2n) is 4.67. The highest BCUT2D eigenvalue weighted by molar-refractivity contribution is 6.31. The Morgan fingerprint density at radius 3 is 2.58 bits per heavy atom. The van der Waals surface area contributed by atoms with E-state index in [0.29, 0.717) is 10.6 Å². The quantitative estimate of drug-likeness (QED) is 0.843. The van der Waals surface area contributed by atoms with Gasteiger partial charge < -0.3 is 10.1 Å². The number of halogens is 1. The molecule has 0 spiro atoms. The van der Waals surface area contributed by atoms with Crippen molar-refractivity contribution in [3.05, 3.63) is 35.0 Å². The average Bonchev–Trinajstić information content (AvgIpc) is 2.78. The van der Waals surface area contributed by atoms with Crippen molar-refractivity contribution in [2.24, 2.45) is 11.8 Å². The third-order valence-electron chi connectivity index (χ3n) is 3.46. The highest BCUT2D eigenvalue weighted by Crippen LogP contribution is 2.26. The molecule has 0 fully saturated rings. The molecule has 0 bridgehead atoms. The zero-order valence-electron chi connectivity index (χ0n) is 10.6. The first-order chi connectivity index (χ1) is 8.91. The summed E-state index contributed by atoms with van der Waals surface area (Å²) in [5.74, 6) is -2.48. The van der Waals surface area contributed by atoms with Gasteiger partial charge in [0.15, 0.2) is 5.78 Å². The van der Waals surface area contributed by atoms with Gasteiger partial charge in [-0.25, -0.2) is 0 Å². The van der Waals surface area contributed by atoms with Gasteiger partial charge in [0, 0.05) is 33.6 Å². The molecule has 2 N–H and O–H groups in total. The molecule has 0 radical (unpaired) electrons. The lowest BCUT2D eigenvalue weighted by Crippen LogP contribution is -2.25. The maximum Gasteiger partial charge on any atom is 0.306 e. The van der Waals surface area contributed by atoms with Gasteiger partial charge in [-0.2, -0.15) is 0 Å². The summed E-state index contributed by atoms with van der Waals surface area (Å²) in [6.07, 6.45) is 1.61. The van der Waals surface area contributed by atoms with E-state index >= 15 is 0 Å². The van der Waals surface area contributed by atoms with E-state index in [9.17, 15) is 9.59 Å². The fourth-order valence-corrected chi connectivity index (χ4v) is 2.16. The van der Waals surface area contributed by atoms with Crippen LogP contribution in [0.1, 0.15) is 24.2 Å². The van der Waals surface area contributed by atoms with Gasteiger partial charge in [-0.1, -0.05) is 25.4 Å². The van der Waals surface area contributed by atoms with Crippen molar-refractivity contribution in [2.45, 2.75) is 13.8 Å². The van der Waals surface area contributed by atoms with Gasteiger partial charge in [-0.3, -0.25) is 9.59 Å². The van der Waals surface area contributed by atoms with Crippen LogP contribution in [0.3, 0.4) is 0 Å². The summed E-state index contributed by atoms with van der Waals surface area (Å²) in [6, 6.07) is 5.23. The molecule has 2 rings (SSSR count). The number of nitrogens with one attached hydrogen (secondary N) is 1. The molecule has 0 aliphatic carbocycles. The van der Waals surface area contributed by atoms with Crippen molar-refractivity contribution >= 4 is 34.3 Å². The molecule has 2 unspecified atom stereocenters. The van der Waals surface area contributed by atoms with Gasteiger partial charge in [0.25, 0.3) is 0 Å². The molecule has 0 saturated carbocycles. The van der Waals surface area contributed by atoms with Crippen molar-refractivity contribution < 1.29 is 14.7 Å². The number of carbonyl (C=O) groups excluding carboxylic acids is 1. The van der Waals surface area contributed by atoms with E-state index < -0.39 is 17.8 Å². The molecule has 1 heterocycles. The second kappa shape index (κ2) is 5.05. The highest BCUT2D eigenvalue weighted by Gasteiger charge is 2.28. The summed E-state index contributed by atoms with van der Waals surface area (Å²) < 4.78 is 0. The molecule has 0 amide bonds. The van der Waals surface area contributed by atoms with Gasteiger partial charge in [0.2, 0.25) is 0 Å². The van der Waals surface area contributed by atoms with Crippen LogP contribution < -0.4 is 0 Å². The number of carboxylic acids is 1. The number of carboxylic acid groups (broad SMARTS) is 1. The molecule has 100 valence electrons. The molecule has 2 atom stereocenters. The van der Waals surface area contributed by atoms with Crippen LogP contribution in [0.25, 0.3) is 10.9 Å². The zero-order chi connectivity index (χ0) is 14.2. The van der Waals surface area contributed by atoms with Crippen molar-refractivity contribution in [2.75, 3.05) is 0 Å². The van der Waals surface area contributed by atoms with Gasteiger partial charge in [-0.15, -0.1) is 0 Å². The SMILES string of the molecule is CC(C(=O)O)C(C)C(=O)c1c[nH]c2ccc(Cl)cc12. The lowest BCUT2D eigenvalue weighted by molar-refractivity contribution is -0.142. The minimum absolute atomic E-state index is 0.191. The van der Waals surface area contributed by atoms with Crippen LogP contribution in [-0.4, -0.2) is 21.8 Å². The Hall–Kier alpha value is -1.81.